The number of carbonyl (C=O) groups excluding carboxylic acids is 1. The van der Waals surface area contributed by atoms with E-state index in [2.05, 4.69) is 5.32 Å². The van der Waals surface area contributed by atoms with E-state index in [1.807, 2.05) is 4.90 Å². The van der Waals surface area contributed by atoms with Gasteiger partial charge in [0, 0.05) is 26.6 Å². The third kappa shape index (κ3) is 3.68. The number of ether oxygens (including phenoxy) is 1. The summed E-state index contributed by atoms with van der Waals surface area (Å²) < 4.78 is 5.36. The van der Waals surface area contributed by atoms with Gasteiger partial charge in [0.15, 0.2) is 0 Å². The van der Waals surface area contributed by atoms with Gasteiger partial charge in [-0.15, -0.1) is 0 Å². The Bertz CT molecular complexity index is 252. The zero-order chi connectivity index (χ0) is 12.1. The molecule has 1 atom stereocenters. The fraction of sp³-hybridized carbons (Fsp3) is 0.923. The molecule has 0 radical (unpaired) electrons. The fourth-order valence-electron chi connectivity index (χ4n) is 2.82. The number of hydrogen-bond donors (Lipinski definition) is 1. The summed E-state index contributed by atoms with van der Waals surface area (Å²) in [6.45, 7) is 3.85. The molecule has 0 bridgehead atoms. The molecule has 1 amide bonds. The summed E-state index contributed by atoms with van der Waals surface area (Å²) in [5, 5.41) is 3.34. The number of nitrogens with one attached hydrogen (secondary N) is 1. The largest absolute Gasteiger partial charge is 0.380 e. The summed E-state index contributed by atoms with van der Waals surface area (Å²) in [5.41, 5.74) is 0. The molecule has 0 aromatic rings. The van der Waals surface area contributed by atoms with Crippen molar-refractivity contribution in [2.75, 3.05) is 33.3 Å². The van der Waals surface area contributed by atoms with Crippen molar-refractivity contribution >= 4 is 5.91 Å². The van der Waals surface area contributed by atoms with E-state index in [-0.39, 0.29) is 6.10 Å². The Kier molecular flexibility index (Phi) is 4.80. The van der Waals surface area contributed by atoms with Gasteiger partial charge in [-0.25, -0.2) is 0 Å². The van der Waals surface area contributed by atoms with Gasteiger partial charge in [0.25, 0.3) is 0 Å². The molecule has 4 nitrogen and oxygen atoms in total. The van der Waals surface area contributed by atoms with E-state index in [0.717, 1.165) is 58.3 Å². The number of carbonyl (C=O) groups is 1. The zero-order valence-corrected chi connectivity index (χ0v) is 10.8. The minimum atomic E-state index is 0.251. The minimum Gasteiger partial charge on any atom is -0.380 e. The first-order valence-corrected chi connectivity index (χ1v) is 6.81. The van der Waals surface area contributed by atoms with Gasteiger partial charge in [0.1, 0.15) is 0 Å². The summed E-state index contributed by atoms with van der Waals surface area (Å²) in [6.07, 6.45) is 5.45. The van der Waals surface area contributed by atoms with Gasteiger partial charge in [0.2, 0.25) is 5.91 Å². The Hall–Kier alpha value is -0.610. The normalized spacial score (nSPS) is 27.1. The maximum atomic E-state index is 12.2. The molecule has 2 aliphatic rings. The highest BCUT2D eigenvalue weighted by Gasteiger charge is 2.25. The third-order valence-electron chi connectivity index (χ3n) is 3.99. The lowest BCUT2D eigenvalue weighted by atomic mass is 9.93. The van der Waals surface area contributed by atoms with Crippen molar-refractivity contribution in [2.45, 2.75) is 38.2 Å². The highest BCUT2D eigenvalue weighted by atomic mass is 16.5. The van der Waals surface area contributed by atoms with Crippen molar-refractivity contribution in [2.24, 2.45) is 5.92 Å². The number of rotatable bonds is 3. The summed E-state index contributed by atoms with van der Waals surface area (Å²) >= 11 is 0. The molecule has 98 valence electrons. The second-order valence-corrected chi connectivity index (χ2v) is 5.24. The van der Waals surface area contributed by atoms with Crippen LogP contribution in [0.5, 0.6) is 0 Å². The summed E-state index contributed by atoms with van der Waals surface area (Å²) in [7, 11) is 1.74. The molecule has 2 aliphatic heterocycles. The lowest BCUT2D eigenvalue weighted by Gasteiger charge is -2.33. The molecule has 17 heavy (non-hydrogen) atoms. The highest BCUT2D eigenvalue weighted by Crippen LogP contribution is 2.19. The third-order valence-corrected chi connectivity index (χ3v) is 3.99. The van der Waals surface area contributed by atoms with Crippen molar-refractivity contribution < 1.29 is 9.53 Å². The first kappa shape index (κ1) is 12.8. The van der Waals surface area contributed by atoms with Crippen LogP contribution >= 0.6 is 0 Å². The summed E-state index contributed by atoms with van der Waals surface area (Å²) in [4.78, 5) is 14.2. The molecule has 0 aromatic carbocycles. The van der Waals surface area contributed by atoms with Crippen LogP contribution in [-0.4, -0.2) is 50.2 Å². The standard InChI is InChI=1S/C13H24N2O2/c1-17-12-3-2-8-15(10-12)13(16)9-11-4-6-14-7-5-11/h11-12,14H,2-10H2,1H3/t12-/m0/s1. The van der Waals surface area contributed by atoms with Gasteiger partial charge >= 0.3 is 0 Å². The van der Waals surface area contributed by atoms with Crippen LogP contribution < -0.4 is 5.32 Å². The fourth-order valence-corrected chi connectivity index (χ4v) is 2.82. The monoisotopic (exact) mass is 240 g/mol. The minimum absolute atomic E-state index is 0.251. The zero-order valence-electron chi connectivity index (χ0n) is 10.8. The van der Waals surface area contributed by atoms with Crippen LogP contribution in [0.2, 0.25) is 0 Å². The van der Waals surface area contributed by atoms with E-state index in [9.17, 15) is 4.79 Å². The van der Waals surface area contributed by atoms with Crippen LogP contribution in [-0.2, 0) is 9.53 Å². The van der Waals surface area contributed by atoms with Gasteiger partial charge in [-0.3, -0.25) is 4.79 Å². The number of likely N-dealkylation sites (tertiary alicyclic amines) is 1. The second-order valence-electron chi connectivity index (χ2n) is 5.24. The molecule has 1 N–H and O–H groups in total. The average molecular weight is 240 g/mol. The first-order chi connectivity index (χ1) is 8.29. The number of amides is 1. The van der Waals surface area contributed by atoms with Crippen LogP contribution in [0.4, 0.5) is 0 Å². The molecule has 2 heterocycles. The first-order valence-electron chi connectivity index (χ1n) is 6.81. The van der Waals surface area contributed by atoms with Crippen LogP contribution in [0.1, 0.15) is 32.1 Å². The lowest BCUT2D eigenvalue weighted by molar-refractivity contribution is -0.135. The molecule has 0 aromatic heterocycles. The number of nitrogens with zero attached hydrogens (tertiary/aromatic N) is 1. The van der Waals surface area contributed by atoms with E-state index in [0.29, 0.717) is 11.8 Å². The topological polar surface area (TPSA) is 41.6 Å². The van der Waals surface area contributed by atoms with Crippen molar-refractivity contribution in [1.29, 1.82) is 0 Å². The number of hydrogen-bond acceptors (Lipinski definition) is 3. The van der Waals surface area contributed by atoms with E-state index >= 15 is 0 Å². The second kappa shape index (κ2) is 6.36. The van der Waals surface area contributed by atoms with Crippen LogP contribution in [0.3, 0.4) is 0 Å². The predicted octanol–water partition coefficient (Wildman–Crippen LogP) is 1.01. The molecule has 0 spiro atoms. The lowest BCUT2D eigenvalue weighted by Crippen LogP contribution is -2.44. The van der Waals surface area contributed by atoms with Gasteiger partial charge in [-0.1, -0.05) is 0 Å². The maximum absolute atomic E-state index is 12.2. The molecule has 2 saturated heterocycles. The van der Waals surface area contributed by atoms with Gasteiger partial charge in [0.05, 0.1) is 6.10 Å². The molecule has 0 saturated carbocycles. The molecule has 4 heteroatoms. The molecule has 2 fully saturated rings. The van der Waals surface area contributed by atoms with Crippen LogP contribution in [0.25, 0.3) is 0 Å². The maximum Gasteiger partial charge on any atom is 0.222 e. The highest BCUT2D eigenvalue weighted by molar-refractivity contribution is 5.76. The van der Waals surface area contributed by atoms with Gasteiger partial charge in [-0.2, -0.15) is 0 Å². The Morgan fingerprint density at radius 2 is 2.12 bits per heavy atom. The van der Waals surface area contributed by atoms with Crippen molar-refractivity contribution in [3.63, 3.8) is 0 Å². The number of piperidine rings is 2. The molecular formula is C13H24N2O2. The summed E-state index contributed by atoms with van der Waals surface area (Å²) in [6, 6.07) is 0. The Labute approximate surface area is 104 Å². The quantitative estimate of drug-likeness (QED) is 0.800. The number of methoxy groups -OCH3 is 1. The van der Waals surface area contributed by atoms with Crippen LogP contribution in [0, 0.1) is 5.92 Å². The molecule has 0 aliphatic carbocycles. The van der Waals surface area contributed by atoms with E-state index in [1.54, 1.807) is 7.11 Å². The van der Waals surface area contributed by atoms with E-state index in [4.69, 9.17) is 4.74 Å². The van der Waals surface area contributed by atoms with Gasteiger partial charge in [-0.05, 0) is 44.7 Å². The predicted molar refractivity (Wildman–Crippen MR) is 66.8 cm³/mol. The smallest absolute Gasteiger partial charge is 0.222 e. The average Bonchev–Trinajstić information content (AvgIpc) is 2.40. The molecular weight excluding hydrogens is 216 g/mol. The van der Waals surface area contributed by atoms with Crippen LogP contribution in [0.15, 0.2) is 0 Å². The van der Waals surface area contributed by atoms with Gasteiger partial charge < -0.3 is 15.0 Å². The Morgan fingerprint density at radius 3 is 2.82 bits per heavy atom. The van der Waals surface area contributed by atoms with E-state index < -0.39 is 0 Å². The Balaban J connectivity index is 1.78. The van der Waals surface area contributed by atoms with Crippen molar-refractivity contribution in [3.8, 4) is 0 Å². The molecule has 2 rings (SSSR count). The van der Waals surface area contributed by atoms with E-state index in [1.165, 1.54) is 0 Å². The van der Waals surface area contributed by atoms with Crippen molar-refractivity contribution in [3.05, 3.63) is 0 Å². The SMILES string of the molecule is CO[C@H]1CCCN(C(=O)CC2CCNCC2)C1. The molecule has 0 unspecified atom stereocenters. The Morgan fingerprint density at radius 1 is 1.35 bits per heavy atom. The summed E-state index contributed by atoms with van der Waals surface area (Å²) in [5.74, 6) is 0.922. The van der Waals surface area contributed by atoms with Crippen molar-refractivity contribution in [1.82, 2.24) is 10.2 Å².